The lowest BCUT2D eigenvalue weighted by Gasteiger charge is -2.23. The largest absolute Gasteiger partial charge is 0.338 e. The van der Waals surface area contributed by atoms with Gasteiger partial charge >= 0.3 is 0 Å². The van der Waals surface area contributed by atoms with Crippen molar-refractivity contribution in [3.8, 4) is 0 Å². The van der Waals surface area contributed by atoms with Crippen LogP contribution in [-0.2, 0) is 11.2 Å². The van der Waals surface area contributed by atoms with Crippen LogP contribution in [0.4, 0.5) is 0 Å². The number of rotatable bonds is 4. The number of halogens is 2. The first-order chi connectivity index (χ1) is 8.20. The zero-order valence-corrected chi connectivity index (χ0v) is 12.5. The average molecular weight is 309 g/mol. The third kappa shape index (κ3) is 3.85. The molecule has 102 valence electrons. The van der Waals surface area contributed by atoms with E-state index in [9.17, 15) is 4.79 Å². The molecule has 1 aromatic heterocycles. The molecule has 0 bridgehead atoms. The van der Waals surface area contributed by atoms with Gasteiger partial charge in [0.25, 0.3) is 0 Å². The number of amides is 1. The fraction of sp³-hybridized carbons (Fsp3) is 0.583. The Labute approximate surface area is 123 Å². The van der Waals surface area contributed by atoms with Crippen molar-refractivity contribution >= 4 is 41.3 Å². The smallest absolute Gasteiger partial charge is 0.223 e. The van der Waals surface area contributed by atoms with Crippen LogP contribution >= 0.6 is 35.3 Å². The molecule has 18 heavy (non-hydrogen) atoms. The molecule has 0 radical (unpaired) electrons. The maximum absolute atomic E-state index is 12.0. The van der Waals surface area contributed by atoms with E-state index in [4.69, 9.17) is 17.3 Å². The molecule has 1 aliphatic rings. The second-order valence-corrected chi connectivity index (χ2v) is 6.12. The summed E-state index contributed by atoms with van der Waals surface area (Å²) in [4.78, 5) is 15.1. The van der Waals surface area contributed by atoms with Crippen LogP contribution in [-0.4, -0.2) is 29.9 Å². The molecule has 1 atom stereocenters. The standard InChI is InChI=1S/C12H17ClN2OS.ClH/c13-11-5-3-10(17-11)4-6-12(16)15-7-1-2-9(15)8-14;/h3,5,9H,1-2,4,6-8,14H2;1H. The lowest BCUT2D eigenvalue weighted by atomic mass is 10.2. The van der Waals surface area contributed by atoms with E-state index < -0.39 is 0 Å². The molecule has 1 saturated heterocycles. The number of hydrogen-bond donors (Lipinski definition) is 1. The van der Waals surface area contributed by atoms with Crippen LogP contribution in [0.3, 0.4) is 0 Å². The normalized spacial score (nSPS) is 18.8. The van der Waals surface area contributed by atoms with Crippen LogP contribution in [0, 0.1) is 0 Å². The lowest BCUT2D eigenvalue weighted by molar-refractivity contribution is -0.131. The van der Waals surface area contributed by atoms with Crippen molar-refractivity contribution in [2.24, 2.45) is 5.73 Å². The third-order valence-electron chi connectivity index (χ3n) is 3.18. The summed E-state index contributed by atoms with van der Waals surface area (Å²) < 4.78 is 0.786. The molecule has 0 aromatic carbocycles. The zero-order chi connectivity index (χ0) is 12.3. The molecular formula is C12H18Cl2N2OS. The summed E-state index contributed by atoms with van der Waals surface area (Å²) in [6.07, 6.45) is 3.48. The predicted molar refractivity (Wildman–Crippen MR) is 78.7 cm³/mol. The van der Waals surface area contributed by atoms with E-state index in [2.05, 4.69) is 0 Å². The molecule has 1 amide bonds. The van der Waals surface area contributed by atoms with E-state index in [-0.39, 0.29) is 24.4 Å². The van der Waals surface area contributed by atoms with E-state index >= 15 is 0 Å². The van der Waals surface area contributed by atoms with Crippen molar-refractivity contribution in [3.05, 3.63) is 21.3 Å². The van der Waals surface area contributed by atoms with Crippen molar-refractivity contribution in [2.75, 3.05) is 13.1 Å². The monoisotopic (exact) mass is 308 g/mol. The van der Waals surface area contributed by atoms with E-state index in [1.165, 1.54) is 4.88 Å². The van der Waals surface area contributed by atoms with E-state index in [1.54, 1.807) is 11.3 Å². The Morgan fingerprint density at radius 3 is 2.94 bits per heavy atom. The maximum atomic E-state index is 12.0. The quantitative estimate of drug-likeness (QED) is 0.929. The molecule has 1 aromatic rings. The van der Waals surface area contributed by atoms with Crippen LogP contribution < -0.4 is 5.73 Å². The van der Waals surface area contributed by atoms with Crippen LogP contribution in [0.15, 0.2) is 12.1 Å². The van der Waals surface area contributed by atoms with Gasteiger partial charge in [-0.25, -0.2) is 0 Å². The van der Waals surface area contributed by atoms with Crippen LogP contribution in [0.2, 0.25) is 4.34 Å². The Hall–Kier alpha value is -0.290. The van der Waals surface area contributed by atoms with E-state index in [1.807, 2.05) is 17.0 Å². The Morgan fingerprint density at radius 1 is 1.56 bits per heavy atom. The molecule has 2 heterocycles. The van der Waals surface area contributed by atoms with Gasteiger partial charge in [0.05, 0.1) is 4.34 Å². The Kier molecular flexibility index (Phi) is 6.43. The van der Waals surface area contributed by atoms with Gasteiger partial charge < -0.3 is 10.6 Å². The summed E-state index contributed by atoms with van der Waals surface area (Å²) in [5.74, 6) is 0.225. The van der Waals surface area contributed by atoms with Crippen molar-refractivity contribution < 1.29 is 4.79 Å². The number of likely N-dealkylation sites (tertiary alicyclic amines) is 1. The number of nitrogens with two attached hydrogens (primary N) is 1. The number of carbonyl (C=O) groups is 1. The molecule has 0 saturated carbocycles. The Morgan fingerprint density at radius 2 is 2.33 bits per heavy atom. The van der Waals surface area contributed by atoms with E-state index in [0.717, 1.165) is 30.1 Å². The van der Waals surface area contributed by atoms with Crippen molar-refractivity contribution in [1.82, 2.24) is 4.90 Å². The molecule has 2 rings (SSSR count). The highest BCUT2D eigenvalue weighted by Crippen LogP contribution is 2.23. The van der Waals surface area contributed by atoms with Crippen molar-refractivity contribution in [1.29, 1.82) is 0 Å². The third-order valence-corrected chi connectivity index (χ3v) is 4.47. The Bertz CT molecular complexity index is 397. The van der Waals surface area contributed by atoms with Crippen LogP contribution in [0.5, 0.6) is 0 Å². The highest BCUT2D eigenvalue weighted by Gasteiger charge is 2.26. The second-order valence-electron chi connectivity index (χ2n) is 4.32. The Balaban J connectivity index is 0.00000162. The summed E-state index contributed by atoms with van der Waals surface area (Å²) in [6.45, 7) is 1.45. The van der Waals surface area contributed by atoms with Gasteiger partial charge in [0.1, 0.15) is 0 Å². The first-order valence-electron chi connectivity index (χ1n) is 5.94. The summed E-state index contributed by atoms with van der Waals surface area (Å²) in [7, 11) is 0. The second kappa shape index (κ2) is 7.34. The number of aryl methyl sites for hydroxylation is 1. The highest BCUT2D eigenvalue weighted by molar-refractivity contribution is 7.16. The molecular weight excluding hydrogens is 291 g/mol. The van der Waals surface area contributed by atoms with Gasteiger partial charge in [-0.15, -0.1) is 23.7 Å². The van der Waals surface area contributed by atoms with Crippen molar-refractivity contribution in [3.63, 3.8) is 0 Å². The van der Waals surface area contributed by atoms with Gasteiger partial charge in [-0.05, 0) is 31.4 Å². The number of hydrogen-bond acceptors (Lipinski definition) is 3. The lowest BCUT2D eigenvalue weighted by Crippen LogP contribution is -2.39. The fourth-order valence-corrected chi connectivity index (χ4v) is 3.36. The van der Waals surface area contributed by atoms with Crippen LogP contribution in [0.25, 0.3) is 0 Å². The minimum Gasteiger partial charge on any atom is -0.338 e. The first kappa shape index (κ1) is 15.8. The maximum Gasteiger partial charge on any atom is 0.223 e. The van der Waals surface area contributed by atoms with Crippen LogP contribution in [0.1, 0.15) is 24.1 Å². The van der Waals surface area contributed by atoms with Crippen molar-refractivity contribution in [2.45, 2.75) is 31.7 Å². The molecule has 6 heteroatoms. The molecule has 0 aliphatic carbocycles. The SMILES string of the molecule is Cl.NCC1CCCN1C(=O)CCc1ccc(Cl)s1. The number of thiophene rings is 1. The molecule has 1 aliphatic heterocycles. The fourth-order valence-electron chi connectivity index (χ4n) is 2.27. The predicted octanol–water partition coefficient (Wildman–Crippen LogP) is 2.71. The first-order valence-corrected chi connectivity index (χ1v) is 7.14. The minimum atomic E-state index is 0. The average Bonchev–Trinajstić information content (AvgIpc) is 2.94. The van der Waals surface area contributed by atoms with Gasteiger partial charge in [-0.2, -0.15) is 0 Å². The topological polar surface area (TPSA) is 46.3 Å². The molecule has 0 spiro atoms. The zero-order valence-electron chi connectivity index (χ0n) is 10.1. The number of nitrogens with zero attached hydrogens (tertiary/aromatic N) is 1. The minimum absolute atomic E-state index is 0. The van der Waals surface area contributed by atoms with Gasteiger partial charge in [0.2, 0.25) is 5.91 Å². The van der Waals surface area contributed by atoms with E-state index in [0.29, 0.717) is 13.0 Å². The van der Waals surface area contributed by atoms with Gasteiger partial charge in [0, 0.05) is 30.4 Å². The number of carbonyl (C=O) groups excluding carboxylic acids is 1. The molecule has 2 N–H and O–H groups in total. The molecule has 1 fully saturated rings. The van der Waals surface area contributed by atoms with Gasteiger partial charge in [-0.3, -0.25) is 4.79 Å². The van der Waals surface area contributed by atoms with Gasteiger partial charge in [-0.1, -0.05) is 11.6 Å². The highest BCUT2D eigenvalue weighted by atomic mass is 35.5. The summed E-state index contributed by atoms with van der Waals surface area (Å²) in [5.41, 5.74) is 5.66. The summed E-state index contributed by atoms with van der Waals surface area (Å²) >= 11 is 7.40. The molecule has 1 unspecified atom stereocenters. The molecule has 3 nitrogen and oxygen atoms in total. The summed E-state index contributed by atoms with van der Waals surface area (Å²) in [5, 5.41) is 0. The summed E-state index contributed by atoms with van der Waals surface area (Å²) in [6, 6.07) is 4.13. The van der Waals surface area contributed by atoms with Gasteiger partial charge in [0.15, 0.2) is 0 Å².